The first kappa shape index (κ1) is 25.4. The molecule has 36 heavy (non-hydrogen) atoms. The van der Waals surface area contributed by atoms with Crippen LogP contribution in [0.3, 0.4) is 0 Å². The molecule has 5 fully saturated rings. The van der Waals surface area contributed by atoms with E-state index >= 15 is 0 Å². The van der Waals surface area contributed by atoms with Crippen LogP contribution in [0.15, 0.2) is 11.6 Å². The molecule has 0 aromatic heterocycles. The number of ether oxygens (including phenoxy) is 1. The second kappa shape index (κ2) is 7.64. The van der Waals surface area contributed by atoms with Gasteiger partial charge in [-0.05, 0) is 122 Å². The van der Waals surface area contributed by atoms with Gasteiger partial charge >= 0.3 is 5.97 Å². The molecular weight excluding hydrogens is 444 g/mol. The molecule has 0 aromatic rings. The monoisotopic (exact) mass is 496 g/mol. The van der Waals surface area contributed by atoms with Gasteiger partial charge in [0.15, 0.2) is 0 Å². The second-order valence-electron chi connectivity index (χ2n) is 16.5. The van der Waals surface area contributed by atoms with Gasteiger partial charge in [0.05, 0.1) is 11.5 Å². The van der Waals surface area contributed by atoms with Crippen molar-refractivity contribution in [2.45, 2.75) is 138 Å². The van der Waals surface area contributed by atoms with Crippen LogP contribution in [-0.4, -0.2) is 23.3 Å². The summed E-state index contributed by atoms with van der Waals surface area (Å²) in [4.78, 5) is 13.8. The maximum atomic E-state index is 13.8. The lowest BCUT2D eigenvalue weighted by Crippen LogP contribution is -2.64. The molecular formula is C33H52O3. The fourth-order valence-electron chi connectivity index (χ4n) is 11.3. The third-order valence-electron chi connectivity index (χ3n) is 13.5. The van der Waals surface area contributed by atoms with Gasteiger partial charge in [-0.15, -0.1) is 0 Å². The Kier molecular flexibility index (Phi) is 5.40. The standard InChI is InChI=1S/C33H52O3/c1-28(2)14-16-33(27(35)36-22-8-9-22)17-15-31(6)23(24(33)20-28)10-11-26-30(5)19-21(34)18-29(3,4)25(30)12-13-32(26,31)7/h10,21-22,24-26,34H,8-9,11-20H2,1-7H3/t21-,24+,25+,26-,30+,31-,32-,33+/m1/s1. The van der Waals surface area contributed by atoms with Crippen molar-refractivity contribution in [3.63, 3.8) is 0 Å². The van der Waals surface area contributed by atoms with Crippen LogP contribution >= 0.6 is 0 Å². The SMILES string of the molecule is CC1(C)CC[C@]2(C(=O)OC3CC3)CC[C@]3(C)C(=CC[C@@H]4[C@@]5(C)C[C@H](O)CC(C)(C)[C@@H]5CC[C@]43C)[C@@H]2C1. The first-order chi connectivity index (χ1) is 16.7. The van der Waals surface area contributed by atoms with E-state index in [2.05, 4.69) is 54.5 Å². The van der Waals surface area contributed by atoms with E-state index in [9.17, 15) is 9.90 Å². The minimum atomic E-state index is -0.309. The number of esters is 1. The maximum Gasteiger partial charge on any atom is 0.312 e. The molecule has 6 aliphatic carbocycles. The summed E-state index contributed by atoms with van der Waals surface area (Å²) in [6, 6.07) is 0. The largest absolute Gasteiger partial charge is 0.462 e. The van der Waals surface area contributed by atoms with Crippen molar-refractivity contribution < 1.29 is 14.6 Å². The smallest absolute Gasteiger partial charge is 0.312 e. The second-order valence-corrected chi connectivity index (χ2v) is 16.5. The fourth-order valence-corrected chi connectivity index (χ4v) is 11.3. The molecule has 8 atom stereocenters. The number of fused-ring (bicyclic) bond motifs is 7. The number of hydrogen-bond donors (Lipinski definition) is 1. The van der Waals surface area contributed by atoms with Gasteiger partial charge in [-0.3, -0.25) is 4.79 Å². The van der Waals surface area contributed by atoms with E-state index in [0.29, 0.717) is 17.8 Å². The highest BCUT2D eigenvalue weighted by molar-refractivity contribution is 5.79. The lowest BCUT2D eigenvalue weighted by atomic mass is 9.33. The summed E-state index contributed by atoms with van der Waals surface area (Å²) in [5.74, 6) is 1.72. The minimum absolute atomic E-state index is 0.123. The first-order valence-electron chi connectivity index (χ1n) is 15.3. The molecule has 0 amide bonds. The Morgan fingerprint density at radius 2 is 1.56 bits per heavy atom. The highest BCUT2D eigenvalue weighted by atomic mass is 16.5. The molecule has 5 saturated carbocycles. The van der Waals surface area contributed by atoms with Gasteiger partial charge in [0.1, 0.15) is 6.10 Å². The highest BCUT2D eigenvalue weighted by Crippen LogP contribution is 2.75. The van der Waals surface area contributed by atoms with Crippen molar-refractivity contribution in [2.24, 2.45) is 50.2 Å². The Morgan fingerprint density at radius 3 is 2.25 bits per heavy atom. The van der Waals surface area contributed by atoms with E-state index in [1.54, 1.807) is 5.57 Å². The fraction of sp³-hybridized carbons (Fsp3) is 0.909. The van der Waals surface area contributed by atoms with Crippen LogP contribution in [0.2, 0.25) is 0 Å². The zero-order chi connectivity index (χ0) is 25.9. The Balaban J connectivity index is 1.42. The third-order valence-corrected chi connectivity index (χ3v) is 13.5. The molecule has 6 rings (SSSR count). The van der Waals surface area contributed by atoms with Crippen molar-refractivity contribution in [3.05, 3.63) is 11.6 Å². The van der Waals surface area contributed by atoms with E-state index in [1.807, 2.05) is 0 Å². The van der Waals surface area contributed by atoms with E-state index in [0.717, 1.165) is 64.2 Å². The molecule has 3 nitrogen and oxygen atoms in total. The van der Waals surface area contributed by atoms with Gasteiger partial charge < -0.3 is 9.84 Å². The molecule has 0 bridgehead atoms. The number of carbonyl (C=O) groups excluding carboxylic acids is 1. The molecule has 0 aromatic carbocycles. The molecule has 0 unspecified atom stereocenters. The molecule has 0 radical (unpaired) electrons. The summed E-state index contributed by atoms with van der Waals surface area (Å²) in [5.41, 5.74) is 2.28. The summed E-state index contributed by atoms with van der Waals surface area (Å²) in [5, 5.41) is 11.0. The van der Waals surface area contributed by atoms with E-state index in [-0.39, 0.29) is 50.7 Å². The molecule has 0 heterocycles. The lowest BCUT2D eigenvalue weighted by Gasteiger charge is -2.71. The van der Waals surface area contributed by atoms with Crippen LogP contribution in [0.25, 0.3) is 0 Å². The Hall–Kier alpha value is -0.830. The summed E-state index contributed by atoms with van der Waals surface area (Å²) >= 11 is 0. The Bertz CT molecular complexity index is 973. The summed E-state index contributed by atoms with van der Waals surface area (Å²) in [7, 11) is 0. The average Bonchev–Trinajstić information content (AvgIpc) is 3.56. The molecule has 1 N–H and O–H groups in total. The minimum Gasteiger partial charge on any atom is -0.462 e. The van der Waals surface area contributed by atoms with Crippen molar-refractivity contribution in [1.82, 2.24) is 0 Å². The van der Waals surface area contributed by atoms with Gasteiger partial charge in [-0.25, -0.2) is 0 Å². The summed E-state index contributed by atoms with van der Waals surface area (Å²) < 4.78 is 6.10. The van der Waals surface area contributed by atoms with Gasteiger partial charge in [0.2, 0.25) is 0 Å². The first-order valence-corrected chi connectivity index (χ1v) is 15.3. The topological polar surface area (TPSA) is 46.5 Å². The van der Waals surface area contributed by atoms with Gasteiger partial charge in [0, 0.05) is 0 Å². The molecule has 0 spiro atoms. The van der Waals surface area contributed by atoms with Crippen LogP contribution in [-0.2, 0) is 9.53 Å². The van der Waals surface area contributed by atoms with Crippen molar-refractivity contribution in [2.75, 3.05) is 0 Å². The van der Waals surface area contributed by atoms with E-state index in [4.69, 9.17) is 4.74 Å². The predicted molar refractivity (Wildman–Crippen MR) is 144 cm³/mol. The molecule has 3 heteroatoms. The van der Waals surface area contributed by atoms with Crippen molar-refractivity contribution in [3.8, 4) is 0 Å². The number of aliphatic hydroxyl groups excluding tert-OH is 1. The number of aliphatic hydroxyl groups is 1. The normalized spacial score (nSPS) is 51.1. The number of carbonyl (C=O) groups is 1. The predicted octanol–water partition coefficient (Wildman–Crippen LogP) is 7.85. The van der Waals surface area contributed by atoms with Gasteiger partial charge in [0.25, 0.3) is 0 Å². The Labute approximate surface area is 220 Å². The molecule has 0 aliphatic heterocycles. The zero-order valence-electron chi connectivity index (χ0n) is 24.2. The van der Waals surface area contributed by atoms with Crippen molar-refractivity contribution in [1.29, 1.82) is 0 Å². The van der Waals surface area contributed by atoms with Crippen molar-refractivity contribution >= 4 is 5.97 Å². The van der Waals surface area contributed by atoms with Crippen LogP contribution in [0.1, 0.15) is 126 Å². The quantitative estimate of drug-likeness (QED) is 0.313. The maximum absolute atomic E-state index is 13.8. The van der Waals surface area contributed by atoms with Crippen LogP contribution in [0.5, 0.6) is 0 Å². The van der Waals surface area contributed by atoms with E-state index in [1.165, 1.54) is 12.8 Å². The highest BCUT2D eigenvalue weighted by Gasteiger charge is 2.69. The van der Waals surface area contributed by atoms with Crippen LogP contribution < -0.4 is 0 Å². The third kappa shape index (κ3) is 3.35. The van der Waals surface area contributed by atoms with Crippen LogP contribution in [0.4, 0.5) is 0 Å². The zero-order valence-corrected chi connectivity index (χ0v) is 24.2. The van der Waals surface area contributed by atoms with Crippen LogP contribution in [0, 0.1) is 50.2 Å². The van der Waals surface area contributed by atoms with Gasteiger partial charge in [-0.1, -0.05) is 60.1 Å². The number of hydrogen-bond acceptors (Lipinski definition) is 3. The Morgan fingerprint density at radius 1 is 0.861 bits per heavy atom. The number of rotatable bonds is 2. The lowest BCUT2D eigenvalue weighted by molar-refractivity contribution is -0.202. The number of allylic oxidation sites excluding steroid dienone is 2. The van der Waals surface area contributed by atoms with Gasteiger partial charge in [-0.2, -0.15) is 0 Å². The molecule has 202 valence electrons. The summed E-state index contributed by atoms with van der Waals surface area (Å²) in [6.45, 7) is 17.4. The average molecular weight is 497 g/mol. The summed E-state index contributed by atoms with van der Waals surface area (Å²) in [6.07, 6.45) is 15.6. The molecule has 6 aliphatic rings. The molecule has 0 saturated heterocycles. The van der Waals surface area contributed by atoms with E-state index < -0.39 is 0 Å².